The number of primary amides is 1. The number of carbonyl (C=O) groups is 3. The molecule has 2 amide bonds. The molecule has 130 valence electrons. The number of benzene rings is 1. The summed E-state index contributed by atoms with van der Waals surface area (Å²) in [6.45, 7) is 1.71. The van der Waals surface area contributed by atoms with Gasteiger partial charge in [0.1, 0.15) is 0 Å². The minimum absolute atomic E-state index is 0.0168. The van der Waals surface area contributed by atoms with Crippen molar-refractivity contribution < 1.29 is 19.5 Å². The molecular weight excluding hydrogens is 308 g/mol. The van der Waals surface area contributed by atoms with E-state index in [2.05, 4.69) is 5.32 Å². The van der Waals surface area contributed by atoms with E-state index in [4.69, 9.17) is 5.73 Å². The average Bonchev–Trinajstić information content (AvgIpc) is 2.55. The van der Waals surface area contributed by atoms with Crippen LogP contribution in [0.5, 0.6) is 0 Å². The minimum Gasteiger partial charge on any atom is -0.481 e. The summed E-state index contributed by atoms with van der Waals surface area (Å²) in [6.07, 6.45) is 4.58. The molecule has 6 heteroatoms. The number of nitrogens with two attached hydrogens (primary N) is 1. The zero-order valence-electron chi connectivity index (χ0n) is 13.9. The molecule has 1 unspecified atom stereocenters. The van der Waals surface area contributed by atoms with Crippen LogP contribution in [0.25, 0.3) is 0 Å². The second-order valence-electron chi connectivity index (χ2n) is 6.69. The number of hydrogen-bond acceptors (Lipinski definition) is 3. The van der Waals surface area contributed by atoms with Gasteiger partial charge in [-0.15, -0.1) is 0 Å². The first kappa shape index (κ1) is 18.0. The van der Waals surface area contributed by atoms with Crippen LogP contribution in [-0.2, 0) is 9.59 Å². The third-order valence-corrected chi connectivity index (χ3v) is 4.98. The minimum atomic E-state index is -1.02. The summed E-state index contributed by atoms with van der Waals surface area (Å²) in [5.74, 6) is -1.99. The summed E-state index contributed by atoms with van der Waals surface area (Å²) < 4.78 is 0. The zero-order chi connectivity index (χ0) is 17.7. The van der Waals surface area contributed by atoms with E-state index in [1.54, 1.807) is 25.1 Å². The number of aliphatic carboxylic acids is 1. The standard InChI is InChI=1S/C18H24N2O4/c1-18(11-15(21)22,12-7-3-2-4-8-12)17(24)20-14-10-6-5-9-13(14)16(19)23/h5-6,9-10,12H,2-4,7-8,11H2,1H3,(H2,19,23)(H,20,24)(H,21,22). The van der Waals surface area contributed by atoms with Gasteiger partial charge in [0, 0.05) is 0 Å². The summed E-state index contributed by atoms with van der Waals surface area (Å²) in [5, 5.41) is 12.0. The maximum atomic E-state index is 12.9. The molecule has 4 N–H and O–H groups in total. The zero-order valence-corrected chi connectivity index (χ0v) is 13.9. The Bertz CT molecular complexity index is 638. The monoisotopic (exact) mass is 332 g/mol. The third kappa shape index (κ3) is 3.93. The van der Waals surface area contributed by atoms with Crippen LogP contribution in [0.4, 0.5) is 5.69 Å². The number of hydrogen-bond donors (Lipinski definition) is 3. The van der Waals surface area contributed by atoms with E-state index >= 15 is 0 Å². The van der Waals surface area contributed by atoms with Crippen molar-refractivity contribution >= 4 is 23.5 Å². The number of carboxylic acids is 1. The summed E-state index contributed by atoms with van der Waals surface area (Å²) in [7, 11) is 0. The van der Waals surface area contributed by atoms with Crippen LogP contribution < -0.4 is 11.1 Å². The molecule has 0 aliphatic heterocycles. The van der Waals surface area contributed by atoms with Gasteiger partial charge in [-0.1, -0.05) is 31.4 Å². The number of anilines is 1. The van der Waals surface area contributed by atoms with Gasteiger partial charge in [0.2, 0.25) is 5.91 Å². The number of carboxylic acid groups (broad SMARTS) is 1. The fourth-order valence-electron chi connectivity index (χ4n) is 3.54. The Labute approximate surface area is 141 Å². The highest BCUT2D eigenvalue weighted by Crippen LogP contribution is 2.42. The predicted molar refractivity (Wildman–Crippen MR) is 90.5 cm³/mol. The topological polar surface area (TPSA) is 109 Å². The maximum Gasteiger partial charge on any atom is 0.304 e. The summed E-state index contributed by atoms with van der Waals surface area (Å²) >= 11 is 0. The van der Waals surface area contributed by atoms with Gasteiger partial charge in [0.05, 0.1) is 23.1 Å². The van der Waals surface area contributed by atoms with Gasteiger partial charge in [0.25, 0.3) is 5.91 Å². The van der Waals surface area contributed by atoms with Crippen molar-refractivity contribution in [3.63, 3.8) is 0 Å². The molecule has 0 aromatic heterocycles. The first-order chi connectivity index (χ1) is 11.3. The Kier molecular flexibility index (Phi) is 5.59. The van der Waals surface area contributed by atoms with Gasteiger partial charge in [-0.05, 0) is 37.8 Å². The lowest BCUT2D eigenvalue weighted by Crippen LogP contribution is -2.43. The molecule has 1 aliphatic rings. The Morgan fingerprint density at radius 2 is 1.83 bits per heavy atom. The van der Waals surface area contributed by atoms with Crippen LogP contribution in [0.15, 0.2) is 24.3 Å². The van der Waals surface area contributed by atoms with Gasteiger partial charge < -0.3 is 16.2 Å². The average molecular weight is 332 g/mol. The first-order valence-electron chi connectivity index (χ1n) is 8.26. The highest BCUT2D eigenvalue weighted by Gasteiger charge is 2.43. The van der Waals surface area contributed by atoms with Crippen molar-refractivity contribution in [3.05, 3.63) is 29.8 Å². The second kappa shape index (κ2) is 7.47. The Morgan fingerprint density at radius 3 is 2.42 bits per heavy atom. The first-order valence-corrected chi connectivity index (χ1v) is 8.26. The molecule has 1 aromatic carbocycles. The lowest BCUT2D eigenvalue weighted by atomic mass is 9.67. The van der Waals surface area contributed by atoms with E-state index in [0.717, 1.165) is 32.1 Å². The number of carbonyl (C=O) groups excluding carboxylic acids is 2. The summed E-state index contributed by atoms with van der Waals surface area (Å²) in [4.78, 5) is 35.8. The molecule has 0 saturated heterocycles. The quantitative estimate of drug-likeness (QED) is 0.744. The largest absolute Gasteiger partial charge is 0.481 e. The van der Waals surface area contributed by atoms with Gasteiger partial charge in [-0.2, -0.15) is 0 Å². The van der Waals surface area contributed by atoms with E-state index in [0.29, 0.717) is 5.69 Å². The van der Waals surface area contributed by atoms with Crippen LogP contribution in [-0.4, -0.2) is 22.9 Å². The van der Waals surface area contributed by atoms with E-state index in [1.807, 2.05) is 0 Å². The maximum absolute atomic E-state index is 12.9. The van der Waals surface area contributed by atoms with Gasteiger partial charge >= 0.3 is 5.97 Å². The van der Waals surface area contributed by atoms with Gasteiger partial charge in [-0.25, -0.2) is 0 Å². The lowest BCUT2D eigenvalue weighted by molar-refractivity contribution is -0.145. The molecule has 6 nitrogen and oxygen atoms in total. The molecule has 1 aromatic rings. The molecule has 1 atom stereocenters. The van der Waals surface area contributed by atoms with Crippen LogP contribution in [0, 0.1) is 11.3 Å². The fourth-order valence-corrected chi connectivity index (χ4v) is 3.54. The summed E-state index contributed by atoms with van der Waals surface area (Å²) in [5.41, 5.74) is 4.86. The van der Waals surface area contributed by atoms with Crippen LogP contribution in [0.1, 0.15) is 55.8 Å². The Morgan fingerprint density at radius 1 is 1.21 bits per heavy atom. The second-order valence-corrected chi connectivity index (χ2v) is 6.69. The lowest BCUT2D eigenvalue weighted by Gasteiger charge is -2.37. The molecule has 1 saturated carbocycles. The van der Waals surface area contributed by atoms with E-state index in [-0.39, 0.29) is 23.8 Å². The normalized spacial score (nSPS) is 17.7. The molecule has 0 bridgehead atoms. The van der Waals surface area contributed by atoms with Crippen molar-refractivity contribution in [2.45, 2.75) is 45.4 Å². The Hall–Kier alpha value is -2.37. The highest BCUT2D eigenvalue weighted by atomic mass is 16.4. The Balaban J connectivity index is 2.28. The number of nitrogens with one attached hydrogen (secondary N) is 1. The SMILES string of the molecule is CC(CC(=O)O)(C(=O)Nc1ccccc1C(N)=O)C1CCCCC1. The van der Waals surface area contributed by atoms with Crippen LogP contribution in [0.2, 0.25) is 0 Å². The number of rotatable bonds is 6. The molecular formula is C18H24N2O4. The molecule has 1 aliphatic carbocycles. The van der Waals surface area contributed by atoms with Crippen LogP contribution >= 0.6 is 0 Å². The van der Waals surface area contributed by atoms with Crippen molar-refractivity contribution in [1.29, 1.82) is 0 Å². The van der Waals surface area contributed by atoms with E-state index in [9.17, 15) is 19.5 Å². The van der Waals surface area contributed by atoms with E-state index < -0.39 is 17.3 Å². The number of amides is 2. The van der Waals surface area contributed by atoms with Gasteiger partial charge in [-0.3, -0.25) is 14.4 Å². The highest BCUT2D eigenvalue weighted by molar-refractivity contribution is 6.04. The molecule has 1 fully saturated rings. The molecule has 2 rings (SSSR count). The molecule has 0 radical (unpaired) electrons. The smallest absolute Gasteiger partial charge is 0.304 e. The van der Waals surface area contributed by atoms with Crippen LogP contribution in [0.3, 0.4) is 0 Å². The number of para-hydroxylation sites is 1. The fraction of sp³-hybridized carbons (Fsp3) is 0.500. The molecule has 24 heavy (non-hydrogen) atoms. The molecule has 0 spiro atoms. The molecule has 0 heterocycles. The predicted octanol–water partition coefficient (Wildman–Crippen LogP) is 2.79. The third-order valence-electron chi connectivity index (χ3n) is 4.98. The van der Waals surface area contributed by atoms with Crippen molar-refractivity contribution in [3.8, 4) is 0 Å². The van der Waals surface area contributed by atoms with Crippen molar-refractivity contribution in [2.75, 3.05) is 5.32 Å². The van der Waals surface area contributed by atoms with E-state index in [1.165, 1.54) is 6.07 Å². The summed E-state index contributed by atoms with van der Waals surface area (Å²) in [6, 6.07) is 6.48. The van der Waals surface area contributed by atoms with Crippen molar-refractivity contribution in [2.24, 2.45) is 17.1 Å². The van der Waals surface area contributed by atoms with Crippen molar-refractivity contribution in [1.82, 2.24) is 0 Å². The van der Waals surface area contributed by atoms with Gasteiger partial charge in [0.15, 0.2) is 0 Å².